The minimum atomic E-state index is -0.354. The van der Waals surface area contributed by atoms with Crippen LogP contribution >= 0.6 is 0 Å². The number of hydrogen-bond donors (Lipinski definition) is 2. The molecular weight excluding hydrogens is 322 g/mol. The Labute approximate surface area is 163 Å². The molecule has 0 bridgehead atoms. The summed E-state index contributed by atoms with van der Waals surface area (Å²) in [6.07, 6.45) is 15.0. The van der Waals surface area contributed by atoms with Crippen LogP contribution in [0, 0.1) is 0 Å². The molecule has 4 heteroatoms. The van der Waals surface area contributed by atoms with Gasteiger partial charge in [0.05, 0.1) is 39.8 Å². The molecule has 0 radical (unpaired) electrons. The first-order valence-electron chi connectivity index (χ1n) is 11.1. The number of hydrogen-bond acceptors (Lipinski definition) is 3. The number of carbonyl (C=O) groups excluding carboxylic acids is 1. The SMILES string of the molecule is CCCCCCCCCCCCCC(=O)C(N)CNC(C)C[N+](C)(C)C. The van der Waals surface area contributed by atoms with E-state index in [0.717, 1.165) is 17.4 Å². The minimum absolute atomic E-state index is 0.214. The molecule has 0 heterocycles. The third-order valence-corrected chi connectivity index (χ3v) is 4.95. The number of Topliss-reactive ketones (excluding diaryl/α,β-unsaturated/α-hetero) is 1. The van der Waals surface area contributed by atoms with Crippen LogP contribution in [0.25, 0.3) is 0 Å². The van der Waals surface area contributed by atoms with Gasteiger partial charge in [-0.3, -0.25) is 4.79 Å². The van der Waals surface area contributed by atoms with Gasteiger partial charge in [0, 0.05) is 13.0 Å². The van der Waals surface area contributed by atoms with Crippen LogP contribution in [0.2, 0.25) is 0 Å². The Bertz CT molecular complexity index is 339. The van der Waals surface area contributed by atoms with Gasteiger partial charge in [0.15, 0.2) is 5.78 Å². The summed E-state index contributed by atoms with van der Waals surface area (Å²) in [5.41, 5.74) is 6.04. The Morgan fingerprint density at radius 2 is 1.35 bits per heavy atom. The van der Waals surface area contributed by atoms with E-state index in [0.29, 0.717) is 19.0 Å². The first kappa shape index (κ1) is 25.6. The van der Waals surface area contributed by atoms with E-state index in [4.69, 9.17) is 5.73 Å². The van der Waals surface area contributed by atoms with Crippen molar-refractivity contribution in [3.05, 3.63) is 0 Å². The van der Waals surface area contributed by atoms with E-state index in [1.807, 2.05) is 0 Å². The standard InChI is InChI=1S/C22H48N3O/c1-6-7-8-9-10-11-12-13-14-15-16-17-22(26)21(23)18-24-20(2)19-25(3,4)5/h20-21,24H,6-19,23H2,1-5H3/q+1. The van der Waals surface area contributed by atoms with E-state index >= 15 is 0 Å². The third-order valence-electron chi connectivity index (χ3n) is 4.95. The molecule has 2 atom stereocenters. The molecule has 0 aliphatic heterocycles. The molecule has 0 saturated carbocycles. The fourth-order valence-electron chi connectivity index (χ4n) is 3.48. The Balaban J connectivity index is 3.52. The van der Waals surface area contributed by atoms with Crippen LogP contribution in [0.4, 0.5) is 0 Å². The summed E-state index contributed by atoms with van der Waals surface area (Å²) in [6.45, 7) is 6.04. The van der Waals surface area contributed by atoms with E-state index in [1.54, 1.807) is 0 Å². The number of rotatable bonds is 18. The van der Waals surface area contributed by atoms with Crippen LogP contribution in [0.15, 0.2) is 0 Å². The van der Waals surface area contributed by atoms with Crippen molar-refractivity contribution >= 4 is 5.78 Å². The second-order valence-corrected chi connectivity index (χ2v) is 9.14. The molecule has 0 aliphatic rings. The van der Waals surface area contributed by atoms with E-state index in [9.17, 15) is 4.79 Å². The summed E-state index contributed by atoms with van der Waals surface area (Å²) in [5.74, 6) is 0.214. The second kappa shape index (κ2) is 15.6. The molecule has 0 aromatic heterocycles. The van der Waals surface area contributed by atoms with Crippen LogP contribution in [0.3, 0.4) is 0 Å². The molecule has 0 rings (SSSR count). The summed E-state index contributed by atoms with van der Waals surface area (Å²) < 4.78 is 0.913. The highest BCUT2D eigenvalue weighted by Crippen LogP contribution is 2.12. The molecule has 0 aromatic carbocycles. The van der Waals surface area contributed by atoms with Crippen LogP contribution in [0.1, 0.15) is 90.9 Å². The van der Waals surface area contributed by atoms with E-state index in [1.165, 1.54) is 64.2 Å². The summed E-state index contributed by atoms with van der Waals surface area (Å²) in [6, 6.07) is 0.0175. The Morgan fingerprint density at radius 3 is 1.81 bits per heavy atom. The van der Waals surface area contributed by atoms with Gasteiger partial charge < -0.3 is 15.5 Å². The third kappa shape index (κ3) is 17.0. The fourth-order valence-corrected chi connectivity index (χ4v) is 3.48. The normalized spacial score (nSPS) is 14.4. The van der Waals surface area contributed by atoms with Crippen molar-refractivity contribution in [3.63, 3.8) is 0 Å². The van der Waals surface area contributed by atoms with Gasteiger partial charge in [0.1, 0.15) is 0 Å². The molecule has 0 amide bonds. The number of nitrogens with one attached hydrogen (secondary N) is 1. The van der Waals surface area contributed by atoms with Gasteiger partial charge >= 0.3 is 0 Å². The monoisotopic (exact) mass is 370 g/mol. The summed E-state index contributed by atoms with van der Waals surface area (Å²) >= 11 is 0. The summed E-state index contributed by atoms with van der Waals surface area (Å²) in [5, 5.41) is 3.40. The highest BCUT2D eigenvalue weighted by molar-refractivity contribution is 5.83. The zero-order valence-electron chi connectivity index (χ0n) is 18.5. The van der Waals surface area contributed by atoms with E-state index in [-0.39, 0.29) is 11.8 Å². The van der Waals surface area contributed by atoms with Crippen molar-refractivity contribution in [2.24, 2.45) is 5.73 Å². The molecular formula is C22H48N3O+. The smallest absolute Gasteiger partial charge is 0.150 e. The molecule has 0 aliphatic carbocycles. The lowest BCUT2D eigenvalue weighted by atomic mass is 10.0. The maximum absolute atomic E-state index is 12.1. The van der Waals surface area contributed by atoms with Crippen molar-refractivity contribution in [1.82, 2.24) is 5.32 Å². The van der Waals surface area contributed by atoms with E-state index < -0.39 is 0 Å². The average molecular weight is 371 g/mol. The van der Waals surface area contributed by atoms with Crippen LogP contribution in [-0.2, 0) is 4.79 Å². The second-order valence-electron chi connectivity index (χ2n) is 9.14. The Kier molecular flexibility index (Phi) is 15.3. The highest BCUT2D eigenvalue weighted by atomic mass is 16.1. The topological polar surface area (TPSA) is 55.1 Å². The van der Waals surface area contributed by atoms with Crippen molar-refractivity contribution < 1.29 is 9.28 Å². The maximum atomic E-state index is 12.1. The molecule has 2 unspecified atom stereocenters. The molecule has 0 fully saturated rings. The van der Waals surface area contributed by atoms with Crippen molar-refractivity contribution in [3.8, 4) is 0 Å². The number of likely N-dealkylation sites (N-methyl/N-ethyl adjacent to an activating group) is 1. The molecule has 4 nitrogen and oxygen atoms in total. The van der Waals surface area contributed by atoms with Crippen LogP contribution < -0.4 is 11.1 Å². The van der Waals surface area contributed by atoms with Gasteiger partial charge in [-0.25, -0.2) is 0 Å². The number of ketones is 1. The Hall–Kier alpha value is -0.450. The molecule has 0 spiro atoms. The lowest BCUT2D eigenvalue weighted by Gasteiger charge is -2.28. The van der Waals surface area contributed by atoms with Crippen molar-refractivity contribution in [2.75, 3.05) is 34.2 Å². The van der Waals surface area contributed by atoms with Gasteiger partial charge in [-0.2, -0.15) is 0 Å². The lowest BCUT2D eigenvalue weighted by molar-refractivity contribution is -0.871. The van der Waals surface area contributed by atoms with Crippen LogP contribution in [-0.4, -0.2) is 56.6 Å². The predicted octanol–water partition coefficient (Wildman–Crippen LogP) is 4.27. The number of carbonyl (C=O) groups is 1. The quantitative estimate of drug-likeness (QED) is 0.280. The maximum Gasteiger partial charge on any atom is 0.150 e. The van der Waals surface area contributed by atoms with Crippen LogP contribution in [0.5, 0.6) is 0 Å². The first-order chi connectivity index (χ1) is 12.3. The number of nitrogens with two attached hydrogens (primary N) is 1. The van der Waals surface area contributed by atoms with Gasteiger partial charge in [-0.15, -0.1) is 0 Å². The first-order valence-corrected chi connectivity index (χ1v) is 11.1. The zero-order chi connectivity index (χ0) is 19.8. The van der Waals surface area contributed by atoms with Gasteiger partial charge in [0.2, 0.25) is 0 Å². The Morgan fingerprint density at radius 1 is 0.885 bits per heavy atom. The number of unbranched alkanes of at least 4 members (excludes halogenated alkanes) is 10. The van der Waals surface area contributed by atoms with Gasteiger partial charge in [-0.1, -0.05) is 71.1 Å². The predicted molar refractivity (Wildman–Crippen MR) is 114 cm³/mol. The van der Waals surface area contributed by atoms with Gasteiger partial charge in [-0.05, 0) is 13.3 Å². The van der Waals surface area contributed by atoms with Crippen molar-refractivity contribution in [1.29, 1.82) is 0 Å². The van der Waals surface area contributed by atoms with Crippen molar-refractivity contribution in [2.45, 2.75) is 103 Å². The average Bonchev–Trinajstić information content (AvgIpc) is 2.55. The lowest BCUT2D eigenvalue weighted by Crippen LogP contribution is -2.49. The zero-order valence-corrected chi connectivity index (χ0v) is 18.5. The fraction of sp³-hybridized carbons (Fsp3) is 0.955. The summed E-state index contributed by atoms with van der Waals surface area (Å²) in [4.78, 5) is 12.1. The number of quaternary nitrogens is 1. The molecule has 0 aromatic rings. The largest absolute Gasteiger partial charge is 0.330 e. The molecule has 0 saturated heterocycles. The summed E-state index contributed by atoms with van der Waals surface area (Å²) in [7, 11) is 6.53. The molecule has 3 N–H and O–H groups in total. The van der Waals surface area contributed by atoms with Gasteiger partial charge in [0.25, 0.3) is 0 Å². The minimum Gasteiger partial charge on any atom is -0.330 e. The molecule has 26 heavy (non-hydrogen) atoms. The van der Waals surface area contributed by atoms with E-state index in [2.05, 4.69) is 40.3 Å². The number of nitrogens with zero attached hydrogens (tertiary/aromatic N) is 1. The molecule has 156 valence electrons. The highest BCUT2D eigenvalue weighted by Gasteiger charge is 2.17.